The van der Waals surface area contributed by atoms with Crippen molar-refractivity contribution in [3.05, 3.63) is 45.9 Å². The third kappa shape index (κ3) is 8.94. The van der Waals surface area contributed by atoms with Gasteiger partial charge in [-0.05, 0) is 30.7 Å². The van der Waals surface area contributed by atoms with E-state index < -0.39 is 0 Å². The molecule has 0 aliphatic carbocycles. The number of amides is 3. The van der Waals surface area contributed by atoms with E-state index in [0.29, 0.717) is 34.6 Å². The first-order valence-corrected chi connectivity index (χ1v) is 11.7. The maximum atomic E-state index is 12.8. The lowest BCUT2D eigenvalue weighted by Crippen LogP contribution is -2.40. The molecule has 1 aromatic heterocycles. The number of unbranched alkanes of at least 4 members (excludes halogenated alkanes) is 2. The van der Waals surface area contributed by atoms with Gasteiger partial charge in [-0.25, -0.2) is 4.98 Å². The maximum absolute atomic E-state index is 12.8. The summed E-state index contributed by atoms with van der Waals surface area (Å²) in [6.07, 6.45) is 3.29. The molecular weight excluding hydrogens is 452 g/mol. The van der Waals surface area contributed by atoms with E-state index in [0.717, 1.165) is 19.3 Å². The van der Waals surface area contributed by atoms with Crippen molar-refractivity contribution in [3.8, 4) is 0 Å². The van der Waals surface area contributed by atoms with E-state index >= 15 is 0 Å². The molecule has 0 atom stereocenters. The van der Waals surface area contributed by atoms with Crippen LogP contribution in [0.1, 0.15) is 42.2 Å². The summed E-state index contributed by atoms with van der Waals surface area (Å²) in [5.74, 6) is -0.773. The Morgan fingerprint density at radius 1 is 1.16 bits per heavy atom. The summed E-state index contributed by atoms with van der Waals surface area (Å²) in [5.41, 5.74) is 1.02. The van der Waals surface area contributed by atoms with Gasteiger partial charge in [-0.1, -0.05) is 31.4 Å². The SMILES string of the molecule is CCCCCNC(=O)Cc1csc(NC(=O)CN(CCOC)C(=O)c2ccc(Cl)cc2)n1. The average molecular weight is 481 g/mol. The number of thiazole rings is 1. The summed E-state index contributed by atoms with van der Waals surface area (Å²) in [7, 11) is 1.53. The Kier molecular flexibility index (Phi) is 11.1. The number of ether oxygens (including phenoxy) is 1. The molecule has 0 unspecified atom stereocenters. The summed E-state index contributed by atoms with van der Waals surface area (Å²) < 4.78 is 5.06. The van der Waals surface area contributed by atoms with Crippen LogP contribution in [0.2, 0.25) is 5.02 Å². The fourth-order valence-electron chi connectivity index (χ4n) is 2.84. The van der Waals surface area contributed by atoms with Crippen LogP contribution in [0.4, 0.5) is 5.13 Å². The highest BCUT2D eigenvalue weighted by Crippen LogP contribution is 2.16. The Bertz CT molecular complexity index is 888. The molecule has 10 heteroatoms. The Balaban J connectivity index is 1.90. The van der Waals surface area contributed by atoms with E-state index in [2.05, 4.69) is 22.5 Å². The predicted molar refractivity (Wildman–Crippen MR) is 126 cm³/mol. The topological polar surface area (TPSA) is 101 Å². The van der Waals surface area contributed by atoms with Crippen molar-refractivity contribution in [3.63, 3.8) is 0 Å². The van der Waals surface area contributed by atoms with Crippen LogP contribution in [0.5, 0.6) is 0 Å². The average Bonchev–Trinajstić information content (AvgIpc) is 3.20. The fourth-order valence-corrected chi connectivity index (χ4v) is 3.69. The fraction of sp³-hybridized carbons (Fsp3) is 0.455. The highest BCUT2D eigenvalue weighted by atomic mass is 35.5. The number of nitrogens with one attached hydrogen (secondary N) is 2. The number of benzene rings is 1. The lowest BCUT2D eigenvalue weighted by atomic mass is 10.2. The number of carbonyl (C=O) groups is 3. The minimum atomic E-state index is -0.381. The minimum absolute atomic E-state index is 0.0939. The van der Waals surface area contributed by atoms with Gasteiger partial charge >= 0.3 is 0 Å². The predicted octanol–water partition coefficient (Wildman–Crippen LogP) is 3.37. The number of nitrogens with zero attached hydrogens (tertiary/aromatic N) is 2. The molecule has 0 saturated heterocycles. The van der Waals surface area contributed by atoms with E-state index in [4.69, 9.17) is 16.3 Å². The largest absolute Gasteiger partial charge is 0.383 e. The molecule has 2 N–H and O–H groups in total. The monoisotopic (exact) mass is 480 g/mol. The van der Waals surface area contributed by atoms with Crippen LogP contribution in [0.3, 0.4) is 0 Å². The number of halogens is 1. The zero-order valence-corrected chi connectivity index (χ0v) is 19.9. The number of carbonyl (C=O) groups excluding carboxylic acids is 3. The van der Waals surface area contributed by atoms with E-state index in [1.165, 1.54) is 23.3 Å². The van der Waals surface area contributed by atoms with E-state index in [1.807, 2.05) is 0 Å². The van der Waals surface area contributed by atoms with Crippen LogP contribution >= 0.6 is 22.9 Å². The summed E-state index contributed by atoms with van der Waals surface area (Å²) >= 11 is 7.12. The minimum Gasteiger partial charge on any atom is -0.383 e. The normalized spacial score (nSPS) is 10.6. The zero-order valence-electron chi connectivity index (χ0n) is 18.4. The molecule has 0 bridgehead atoms. The van der Waals surface area contributed by atoms with Crippen molar-refractivity contribution in [2.75, 3.05) is 38.7 Å². The molecule has 0 aliphatic rings. The van der Waals surface area contributed by atoms with Crippen molar-refractivity contribution in [2.45, 2.75) is 32.6 Å². The molecule has 174 valence electrons. The second-order valence-electron chi connectivity index (χ2n) is 7.15. The highest BCUT2D eigenvalue weighted by molar-refractivity contribution is 7.13. The molecule has 2 aromatic rings. The number of anilines is 1. The van der Waals surface area contributed by atoms with Gasteiger partial charge in [0, 0.05) is 36.2 Å². The Labute approximate surface area is 197 Å². The molecule has 32 heavy (non-hydrogen) atoms. The first kappa shape index (κ1) is 25.8. The highest BCUT2D eigenvalue weighted by Gasteiger charge is 2.19. The Morgan fingerprint density at radius 2 is 1.91 bits per heavy atom. The number of hydrogen-bond acceptors (Lipinski definition) is 6. The lowest BCUT2D eigenvalue weighted by molar-refractivity contribution is -0.120. The molecule has 0 saturated carbocycles. The maximum Gasteiger partial charge on any atom is 0.254 e. The van der Waals surface area contributed by atoms with Crippen LogP contribution < -0.4 is 10.6 Å². The van der Waals surface area contributed by atoms with Gasteiger partial charge in [0.2, 0.25) is 11.8 Å². The zero-order chi connectivity index (χ0) is 23.3. The molecule has 2 rings (SSSR count). The summed E-state index contributed by atoms with van der Waals surface area (Å²) in [6, 6.07) is 6.48. The van der Waals surface area contributed by atoms with Crippen LogP contribution in [-0.4, -0.2) is 61.0 Å². The molecule has 1 heterocycles. The third-order valence-corrected chi connectivity index (χ3v) is 5.58. The van der Waals surface area contributed by atoms with Crippen LogP contribution in [0, 0.1) is 0 Å². The van der Waals surface area contributed by atoms with Crippen LogP contribution in [-0.2, 0) is 20.7 Å². The first-order chi connectivity index (χ1) is 15.4. The number of aromatic nitrogens is 1. The van der Waals surface area contributed by atoms with Gasteiger partial charge in [-0.2, -0.15) is 0 Å². The molecular formula is C22H29ClN4O4S. The van der Waals surface area contributed by atoms with Crippen LogP contribution in [0.15, 0.2) is 29.6 Å². The van der Waals surface area contributed by atoms with E-state index in [-0.39, 0.29) is 37.2 Å². The van der Waals surface area contributed by atoms with Gasteiger partial charge in [-0.3, -0.25) is 14.4 Å². The molecule has 0 radical (unpaired) electrons. The summed E-state index contributed by atoms with van der Waals surface area (Å²) in [6.45, 7) is 3.16. The van der Waals surface area contributed by atoms with E-state index in [9.17, 15) is 14.4 Å². The first-order valence-electron chi connectivity index (χ1n) is 10.5. The molecule has 3 amide bonds. The van der Waals surface area contributed by atoms with E-state index in [1.54, 1.807) is 29.6 Å². The van der Waals surface area contributed by atoms with Crippen molar-refractivity contribution in [2.24, 2.45) is 0 Å². The smallest absolute Gasteiger partial charge is 0.254 e. The Morgan fingerprint density at radius 3 is 2.59 bits per heavy atom. The molecule has 8 nitrogen and oxygen atoms in total. The quantitative estimate of drug-likeness (QED) is 0.428. The van der Waals surface area contributed by atoms with Gasteiger partial charge in [-0.15, -0.1) is 11.3 Å². The van der Waals surface area contributed by atoms with Gasteiger partial charge in [0.05, 0.1) is 18.7 Å². The second kappa shape index (κ2) is 13.8. The van der Waals surface area contributed by atoms with Crippen molar-refractivity contribution >= 4 is 45.8 Å². The molecule has 0 aliphatic heterocycles. The van der Waals surface area contributed by atoms with Gasteiger partial charge in [0.1, 0.15) is 6.54 Å². The van der Waals surface area contributed by atoms with Crippen LogP contribution in [0.25, 0.3) is 0 Å². The standard InChI is InChI=1S/C22H29ClN4O4S/c1-3-4-5-10-24-19(28)13-18-15-32-22(25-18)26-20(29)14-27(11-12-31-2)21(30)16-6-8-17(23)9-7-16/h6-9,15H,3-5,10-14H2,1-2H3,(H,24,28)(H,25,26,29). The van der Waals surface area contributed by atoms with Gasteiger partial charge in [0.25, 0.3) is 5.91 Å². The second-order valence-corrected chi connectivity index (χ2v) is 8.45. The van der Waals surface area contributed by atoms with Crippen molar-refractivity contribution in [1.82, 2.24) is 15.2 Å². The van der Waals surface area contributed by atoms with Gasteiger partial charge in [0.15, 0.2) is 5.13 Å². The molecule has 0 spiro atoms. The lowest BCUT2D eigenvalue weighted by Gasteiger charge is -2.21. The van der Waals surface area contributed by atoms with Gasteiger partial charge < -0.3 is 20.3 Å². The van der Waals surface area contributed by atoms with Crippen molar-refractivity contribution in [1.29, 1.82) is 0 Å². The summed E-state index contributed by atoms with van der Waals surface area (Å²) in [5, 5.41) is 8.21. The number of rotatable bonds is 13. The van der Waals surface area contributed by atoms with Crippen molar-refractivity contribution < 1.29 is 19.1 Å². The molecule has 1 aromatic carbocycles. The molecule has 0 fully saturated rings. The third-order valence-electron chi connectivity index (χ3n) is 4.52. The number of hydrogen-bond donors (Lipinski definition) is 2. The number of methoxy groups -OCH3 is 1. The summed E-state index contributed by atoms with van der Waals surface area (Å²) in [4.78, 5) is 43.0. The Hall–Kier alpha value is -2.49.